The molecule has 0 spiro atoms. The summed E-state index contributed by atoms with van der Waals surface area (Å²) in [6.07, 6.45) is 3.86. The molecule has 0 bridgehead atoms. The van der Waals surface area contributed by atoms with Crippen LogP contribution in [0.15, 0.2) is 42.0 Å². The number of halogens is 1. The minimum Gasteiger partial charge on any atom is -0.486 e. The lowest BCUT2D eigenvalue weighted by Gasteiger charge is -2.03. The molecule has 0 aliphatic carbocycles. The monoisotopic (exact) mass is 348 g/mol. The summed E-state index contributed by atoms with van der Waals surface area (Å²) in [6.45, 7) is 1.98. The van der Waals surface area contributed by atoms with E-state index in [4.69, 9.17) is 16.3 Å². The summed E-state index contributed by atoms with van der Waals surface area (Å²) in [5.74, 6) is 0.792. The van der Waals surface area contributed by atoms with Crippen LogP contribution in [0.4, 0.5) is 0 Å². The van der Waals surface area contributed by atoms with Crippen molar-refractivity contribution in [3.05, 3.63) is 63.3 Å². The Labute approximate surface area is 143 Å². The smallest absolute Gasteiger partial charge is 0.140 e. The van der Waals surface area contributed by atoms with Crippen LogP contribution >= 0.6 is 22.9 Å². The Morgan fingerprint density at radius 3 is 2.83 bits per heavy atom. The van der Waals surface area contributed by atoms with Gasteiger partial charge < -0.3 is 10.1 Å². The Bertz CT molecular complexity index is 754. The summed E-state index contributed by atoms with van der Waals surface area (Å²) >= 11 is 7.45. The molecule has 3 rings (SSSR count). The standard InChI is InChI=1S/C16H17ClN4OS/c1-21-9-12(7-19-21)6-18-8-14-11-23-16(20-14)10-22-15-4-2-13(17)3-5-15/h2-5,7,9,11,18H,6,8,10H2,1H3. The number of rotatable bonds is 7. The Hall–Kier alpha value is -1.89. The Kier molecular flexibility index (Phi) is 5.27. The molecule has 0 saturated heterocycles. The first-order valence-corrected chi connectivity index (χ1v) is 8.45. The maximum Gasteiger partial charge on any atom is 0.140 e. The average Bonchev–Trinajstić information content (AvgIpc) is 3.16. The van der Waals surface area contributed by atoms with Gasteiger partial charge in [0.25, 0.3) is 0 Å². The van der Waals surface area contributed by atoms with Gasteiger partial charge in [-0.15, -0.1) is 11.3 Å². The van der Waals surface area contributed by atoms with Gasteiger partial charge >= 0.3 is 0 Å². The number of aryl methyl sites for hydroxylation is 1. The van der Waals surface area contributed by atoms with E-state index in [1.54, 1.807) is 16.0 Å². The molecule has 0 amide bonds. The topological polar surface area (TPSA) is 52.0 Å². The Balaban J connectivity index is 1.45. The van der Waals surface area contributed by atoms with Crippen molar-refractivity contribution in [1.29, 1.82) is 0 Å². The summed E-state index contributed by atoms with van der Waals surface area (Å²) in [6, 6.07) is 7.33. The Morgan fingerprint density at radius 1 is 1.26 bits per heavy atom. The van der Waals surface area contributed by atoms with E-state index in [9.17, 15) is 0 Å². The van der Waals surface area contributed by atoms with Gasteiger partial charge in [-0.1, -0.05) is 11.6 Å². The summed E-state index contributed by atoms with van der Waals surface area (Å²) < 4.78 is 7.49. The third-order valence-corrected chi connectivity index (χ3v) is 4.29. The van der Waals surface area contributed by atoms with Crippen molar-refractivity contribution < 1.29 is 4.74 Å². The molecule has 0 unspecified atom stereocenters. The van der Waals surface area contributed by atoms with Gasteiger partial charge in [-0.05, 0) is 24.3 Å². The van der Waals surface area contributed by atoms with Crippen molar-refractivity contribution in [2.24, 2.45) is 7.05 Å². The minimum absolute atomic E-state index is 0.467. The molecule has 0 aliphatic rings. The van der Waals surface area contributed by atoms with Crippen LogP contribution in [0.3, 0.4) is 0 Å². The van der Waals surface area contributed by atoms with Gasteiger partial charge in [0.05, 0.1) is 11.9 Å². The number of nitrogens with one attached hydrogen (secondary N) is 1. The highest BCUT2D eigenvalue weighted by Crippen LogP contribution is 2.18. The summed E-state index contributed by atoms with van der Waals surface area (Å²) in [4.78, 5) is 4.56. The molecule has 0 fully saturated rings. The van der Waals surface area contributed by atoms with Crippen molar-refractivity contribution in [2.75, 3.05) is 0 Å². The number of hydrogen-bond acceptors (Lipinski definition) is 5. The van der Waals surface area contributed by atoms with Crippen molar-refractivity contribution in [1.82, 2.24) is 20.1 Å². The lowest BCUT2D eigenvalue weighted by molar-refractivity contribution is 0.305. The zero-order valence-electron chi connectivity index (χ0n) is 12.7. The Morgan fingerprint density at radius 2 is 2.09 bits per heavy atom. The van der Waals surface area contributed by atoms with E-state index >= 15 is 0 Å². The lowest BCUT2D eigenvalue weighted by Crippen LogP contribution is -2.12. The average molecular weight is 349 g/mol. The fourth-order valence-corrected chi connectivity index (χ4v) is 2.90. The zero-order chi connectivity index (χ0) is 16.1. The molecule has 0 atom stereocenters. The molecule has 2 heterocycles. The van der Waals surface area contributed by atoms with E-state index in [1.165, 1.54) is 0 Å². The zero-order valence-corrected chi connectivity index (χ0v) is 14.3. The van der Waals surface area contributed by atoms with Gasteiger partial charge in [0.1, 0.15) is 17.4 Å². The van der Waals surface area contributed by atoms with Gasteiger partial charge in [-0.3, -0.25) is 4.68 Å². The van der Waals surface area contributed by atoms with Crippen LogP contribution in [0.2, 0.25) is 5.02 Å². The van der Waals surface area contributed by atoms with Crippen LogP contribution < -0.4 is 10.1 Å². The molecular weight excluding hydrogens is 332 g/mol. The highest BCUT2D eigenvalue weighted by atomic mass is 35.5. The molecule has 2 aromatic heterocycles. The van der Waals surface area contributed by atoms with E-state index in [1.807, 2.05) is 43.7 Å². The highest BCUT2D eigenvalue weighted by Gasteiger charge is 2.04. The quantitative estimate of drug-likeness (QED) is 0.711. The largest absolute Gasteiger partial charge is 0.486 e. The first-order chi connectivity index (χ1) is 11.2. The van der Waals surface area contributed by atoms with Crippen LogP contribution in [0.5, 0.6) is 5.75 Å². The number of benzene rings is 1. The molecule has 1 aromatic carbocycles. The molecule has 7 heteroatoms. The SMILES string of the molecule is Cn1cc(CNCc2csc(COc3ccc(Cl)cc3)n2)cn1. The van der Waals surface area contributed by atoms with Gasteiger partial charge in [0.2, 0.25) is 0 Å². The van der Waals surface area contributed by atoms with E-state index in [2.05, 4.69) is 20.8 Å². The lowest BCUT2D eigenvalue weighted by atomic mass is 10.3. The van der Waals surface area contributed by atoms with Crippen LogP contribution in [0.1, 0.15) is 16.3 Å². The van der Waals surface area contributed by atoms with Crippen molar-refractivity contribution in [3.8, 4) is 5.75 Å². The molecule has 0 saturated carbocycles. The predicted molar refractivity (Wildman–Crippen MR) is 91.6 cm³/mol. The van der Waals surface area contributed by atoms with Crippen molar-refractivity contribution >= 4 is 22.9 Å². The minimum atomic E-state index is 0.467. The molecular formula is C16H17ClN4OS. The first-order valence-electron chi connectivity index (χ1n) is 7.19. The summed E-state index contributed by atoms with van der Waals surface area (Å²) in [5, 5.41) is 11.2. The second-order valence-electron chi connectivity index (χ2n) is 5.10. The van der Waals surface area contributed by atoms with Gasteiger partial charge in [-0.25, -0.2) is 4.98 Å². The van der Waals surface area contributed by atoms with Crippen molar-refractivity contribution in [3.63, 3.8) is 0 Å². The number of hydrogen-bond donors (Lipinski definition) is 1. The summed E-state index contributed by atoms with van der Waals surface area (Å²) in [5.41, 5.74) is 2.18. The number of aromatic nitrogens is 3. The highest BCUT2D eigenvalue weighted by molar-refractivity contribution is 7.09. The predicted octanol–water partition coefficient (Wildman–Crippen LogP) is 3.40. The van der Waals surface area contributed by atoms with Crippen LogP contribution in [-0.2, 0) is 26.7 Å². The first kappa shape index (κ1) is 16.0. The van der Waals surface area contributed by atoms with Crippen LogP contribution in [0.25, 0.3) is 0 Å². The van der Waals surface area contributed by atoms with Crippen molar-refractivity contribution in [2.45, 2.75) is 19.7 Å². The number of ether oxygens (including phenoxy) is 1. The van der Waals surface area contributed by atoms with Gasteiger partial charge in [0, 0.05) is 42.3 Å². The molecule has 120 valence electrons. The van der Waals surface area contributed by atoms with E-state index in [0.29, 0.717) is 11.6 Å². The van der Waals surface area contributed by atoms with E-state index in [-0.39, 0.29) is 0 Å². The molecule has 5 nitrogen and oxygen atoms in total. The molecule has 0 aliphatic heterocycles. The fourth-order valence-electron chi connectivity index (χ4n) is 2.07. The van der Waals surface area contributed by atoms with Gasteiger partial charge in [0.15, 0.2) is 0 Å². The maximum absolute atomic E-state index is 5.85. The third kappa shape index (κ3) is 4.79. The number of nitrogens with zero attached hydrogens (tertiary/aromatic N) is 3. The second kappa shape index (κ2) is 7.59. The fraction of sp³-hybridized carbons (Fsp3) is 0.250. The van der Waals surface area contributed by atoms with E-state index in [0.717, 1.165) is 35.1 Å². The summed E-state index contributed by atoms with van der Waals surface area (Å²) in [7, 11) is 1.91. The van der Waals surface area contributed by atoms with Crippen LogP contribution in [-0.4, -0.2) is 14.8 Å². The molecule has 1 N–H and O–H groups in total. The maximum atomic E-state index is 5.85. The second-order valence-corrected chi connectivity index (χ2v) is 6.48. The van der Waals surface area contributed by atoms with Crippen LogP contribution in [0, 0.1) is 0 Å². The third-order valence-electron chi connectivity index (χ3n) is 3.17. The molecule has 23 heavy (non-hydrogen) atoms. The molecule has 3 aromatic rings. The number of thiazole rings is 1. The normalized spacial score (nSPS) is 10.9. The molecule has 0 radical (unpaired) electrons. The van der Waals surface area contributed by atoms with E-state index < -0.39 is 0 Å². The van der Waals surface area contributed by atoms with Gasteiger partial charge in [-0.2, -0.15) is 5.10 Å².